The van der Waals surface area contributed by atoms with Crippen molar-refractivity contribution in [2.45, 2.75) is 24.8 Å². The molecular weight excluding hydrogens is 377 g/mol. The number of carbonyl (C=O) groups excluding carboxylic acids is 2. The van der Waals surface area contributed by atoms with Crippen molar-refractivity contribution in [2.75, 3.05) is 39.4 Å². The monoisotopic (exact) mass is 401 g/mol. The summed E-state index contributed by atoms with van der Waals surface area (Å²) in [4.78, 5) is 28.7. The van der Waals surface area contributed by atoms with Crippen LogP contribution in [0.2, 0.25) is 5.02 Å². The molecule has 144 valence electrons. The highest BCUT2D eigenvalue weighted by atomic mass is 35.5. The van der Waals surface area contributed by atoms with Crippen molar-refractivity contribution in [1.82, 2.24) is 9.80 Å². The average molecular weight is 402 g/mol. The summed E-state index contributed by atoms with van der Waals surface area (Å²) in [6, 6.07) is 7.30. The van der Waals surface area contributed by atoms with E-state index in [1.54, 1.807) is 17.0 Å². The molecule has 0 spiro atoms. The van der Waals surface area contributed by atoms with Gasteiger partial charge >= 0.3 is 0 Å². The second-order valence-corrected chi connectivity index (χ2v) is 7.18. The van der Waals surface area contributed by atoms with Crippen LogP contribution < -0.4 is 5.73 Å². The Hall–Kier alpha value is -1.34. The van der Waals surface area contributed by atoms with Crippen molar-refractivity contribution in [3.05, 3.63) is 34.9 Å². The molecule has 0 radical (unpaired) electrons. The number of hydrogen-bond donors (Lipinski definition) is 1. The summed E-state index contributed by atoms with van der Waals surface area (Å²) in [7, 11) is 0. The smallest absolute Gasteiger partial charge is 0.242 e. The van der Waals surface area contributed by atoms with Crippen molar-refractivity contribution in [3.8, 4) is 0 Å². The third-order valence-electron chi connectivity index (χ3n) is 5.00. The first-order valence-electron chi connectivity index (χ1n) is 8.66. The van der Waals surface area contributed by atoms with Gasteiger partial charge in [-0.3, -0.25) is 9.59 Å². The van der Waals surface area contributed by atoms with Crippen LogP contribution in [0.25, 0.3) is 0 Å². The third kappa shape index (κ3) is 4.88. The van der Waals surface area contributed by atoms with Gasteiger partial charge in [0.15, 0.2) is 0 Å². The zero-order valence-corrected chi connectivity index (χ0v) is 16.2. The lowest BCUT2D eigenvalue weighted by molar-refractivity contribution is -0.145. The molecule has 0 aromatic heterocycles. The lowest BCUT2D eigenvalue weighted by atomic mass is 9.89. The van der Waals surface area contributed by atoms with E-state index < -0.39 is 5.54 Å². The lowest BCUT2D eigenvalue weighted by Gasteiger charge is -2.41. The van der Waals surface area contributed by atoms with Crippen LogP contribution in [0.15, 0.2) is 24.3 Å². The Labute approximate surface area is 165 Å². The number of hydrogen-bond acceptors (Lipinski definition) is 4. The van der Waals surface area contributed by atoms with Gasteiger partial charge < -0.3 is 20.3 Å². The van der Waals surface area contributed by atoms with Crippen LogP contribution in [0.1, 0.15) is 18.4 Å². The number of nitrogens with zero attached hydrogens (tertiary/aromatic N) is 2. The van der Waals surface area contributed by atoms with Gasteiger partial charge in [-0.25, -0.2) is 0 Å². The molecule has 6 nitrogen and oxygen atoms in total. The number of halogens is 2. The molecule has 2 aliphatic heterocycles. The molecule has 2 heterocycles. The van der Waals surface area contributed by atoms with Gasteiger partial charge in [-0.1, -0.05) is 23.7 Å². The summed E-state index contributed by atoms with van der Waals surface area (Å²) in [5.41, 5.74) is 6.41. The highest BCUT2D eigenvalue weighted by Crippen LogP contribution is 2.21. The van der Waals surface area contributed by atoms with E-state index in [1.165, 1.54) is 0 Å². The summed E-state index contributed by atoms with van der Waals surface area (Å²) in [5, 5.41) is 0.659. The molecule has 0 bridgehead atoms. The number of ether oxygens (including phenoxy) is 1. The van der Waals surface area contributed by atoms with Crippen LogP contribution in [-0.4, -0.2) is 66.5 Å². The Morgan fingerprint density at radius 2 is 1.58 bits per heavy atom. The molecule has 2 aliphatic rings. The lowest BCUT2D eigenvalue weighted by Crippen LogP contribution is -2.61. The minimum Gasteiger partial charge on any atom is -0.381 e. The van der Waals surface area contributed by atoms with Crippen molar-refractivity contribution >= 4 is 35.8 Å². The van der Waals surface area contributed by atoms with Gasteiger partial charge in [0.2, 0.25) is 11.8 Å². The Bertz CT molecular complexity index is 625. The normalized spacial score (nSPS) is 19.6. The molecule has 1 aromatic carbocycles. The van der Waals surface area contributed by atoms with E-state index in [0.717, 1.165) is 5.56 Å². The van der Waals surface area contributed by atoms with Crippen LogP contribution in [0.5, 0.6) is 0 Å². The first kappa shape index (κ1) is 21.0. The molecule has 0 aliphatic carbocycles. The summed E-state index contributed by atoms with van der Waals surface area (Å²) in [6.45, 7) is 3.22. The van der Waals surface area contributed by atoms with E-state index in [2.05, 4.69) is 0 Å². The van der Waals surface area contributed by atoms with Crippen molar-refractivity contribution in [3.63, 3.8) is 0 Å². The molecule has 2 N–H and O–H groups in total. The standard InChI is InChI=1S/C18H24ClN3O3.ClH/c19-15-3-1-14(2-4-15)13-16(23)21-7-9-22(10-8-21)17(24)18(20)5-11-25-12-6-18;/h1-4H,5-13,20H2;1H. The largest absolute Gasteiger partial charge is 0.381 e. The SMILES string of the molecule is Cl.NC1(C(=O)N2CCN(C(=O)Cc3ccc(Cl)cc3)CC2)CCOCC1. The number of amides is 2. The van der Waals surface area contributed by atoms with E-state index >= 15 is 0 Å². The fraction of sp³-hybridized carbons (Fsp3) is 0.556. The Morgan fingerprint density at radius 1 is 1.04 bits per heavy atom. The second-order valence-electron chi connectivity index (χ2n) is 6.74. The van der Waals surface area contributed by atoms with E-state index in [1.807, 2.05) is 17.0 Å². The third-order valence-corrected chi connectivity index (χ3v) is 5.25. The fourth-order valence-electron chi connectivity index (χ4n) is 3.31. The van der Waals surface area contributed by atoms with E-state index in [4.69, 9.17) is 22.1 Å². The summed E-state index contributed by atoms with van der Waals surface area (Å²) in [5.74, 6) is 0.0588. The number of piperazine rings is 1. The predicted molar refractivity (Wildman–Crippen MR) is 103 cm³/mol. The van der Waals surface area contributed by atoms with Gasteiger partial charge in [-0.05, 0) is 30.5 Å². The molecule has 0 unspecified atom stereocenters. The highest BCUT2D eigenvalue weighted by molar-refractivity contribution is 6.30. The van der Waals surface area contributed by atoms with Crippen LogP contribution in [-0.2, 0) is 20.7 Å². The molecule has 26 heavy (non-hydrogen) atoms. The molecule has 2 saturated heterocycles. The zero-order chi connectivity index (χ0) is 17.9. The number of benzene rings is 1. The number of nitrogens with two attached hydrogens (primary N) is 1. The minimum absolute atomic E-state index is 0. The van der Waals surface area contributed by atoms with Crippen molar-refractivity contribution in [2.24, 2.45) is 5.73 Å². The maximum atomic E-state index is 12.7. The molecule has 2 fully saturated rings. The van der Waals surface area contributed by atoms with E-state index in [-0.39, 0.29) is 24.2 Å². The first-order chi connectivity index (χ1) is 12.0. The highest BCUT2D eigenvalue weighted by Gasteiger charge is 2.40. The molecule has 2 amide bonds. The van der Waals surface area contributed by atoms with E-state index in [0.29, 0.717) is 63.7 Å². The maximum Gasteiger partial charge on any atom is 0.242 e. The van der Waals surface area contributed by atoms with Crippen molar-refractivity contribution in [1.29, 1.82) is 0 Å². The number of rotatable bonds is 3. The van der Waals surface area contributed by atoms with Gasteiger partial charge in [0.05, 0.1) is 12.0 Å². The molecule has 8 heteroatoms. The summed E-state index contributed by atoms with van der Waals surface area (Å²) >= 11 is 5.87. The van der Waals surface area contributed by atoms with Crippen LogP contribution in [0.3, 0.4) is 0 Å². The fourth-order valence-corrected chi connectivity index (χ4v) is 3.44. The molecular formula is C18H25Cl2N3O3. The molecule has 3 rings (SSSR count). The van der Waals surface area contributed by atoms with Gasteiger partial charge in [0, 0.05) is 44.4 Å². The number of carbonyl (C=O) groups is 2. The Kier molecular flexibility index (Phi) is 7.29. The quantitative estimate of drug-likeness (QED) is 0.831. The van der Waals surface area contributed by atoms with E-state index in [9.17, 15) is 9.59 Å². The molecule has 0 saturated carbocycles. The first-order valence-corrected chi connectivity index (χ1v) is 9.04. The maximum absolute atomic E-state index is 12.7. The Balaban J connectivity index is 0.00000243. The van der Waals surface area contributed by atoms with Gasteiger partial charge in [-0.15, -0.1) is 12.4 Å². The van der Waals surface area contributed by atoms with Crippen LogP contribution in [0, 0.1) is 0 Å². The van der Waals surface area contributed by atoms with Crippen LogP contribution in [0.4, 0.5) is 0 Å². The predicted octanol–water partition coefficient (Wildman–Crippen LogP) is 1.48. The average Bonchev–Trinajstić information content (AvgIpc) is 2.64. The van der Waals surface area contributed by atoms with Crippen molar-refractivity contribution < 1.29 is 14.3 Å². The van der Waals surface area contributed by atoms with Gasteiger partial charge in [0.1, 0.15) is 0 Å². The molecule has 0 atom stereocenters. The minimum atomic E-state index is -0.812. The molecule has 1 aromatic rings. The van der Waals surface area contributed by atoms with Crippen LogP contribution >= 0.6 is 24.0 Å². The topological polar surface area (TPSA) is 75.9 Å². The zero-order valence-electron chi connectivity index (χ0n) is 14.7. The Morgan fingerprint density at radius 3 is 2.15 bits per heavy atom. The van der Waals surface area contributed by atoms with Gasteiger partial charge in [-0.2, -0.15) is 0 Å². The van der Waals surface area contributed by atoms with Gasteiger partial charge in [0.25, 0.3) is 0 Å². The summed E-state index contributed by atoms with van der Waals surface area (Å²) < 4.78 is 5.30. The second kappa shape index (κ2) is 9.04. The summed E-state index contributed by atoms with van der Waals surface area (Å²) in [6.07, 6.45) is 1.46.